The van der Waals surface area contributed by atoms with E-state index in [1.165, 1.54) is 0 Å². The minimum absolute atomic E-state index is 0.104. The standard InChI is InChI=1S/C11H14O2/c1-9(8-12)11(13-2)10-6-4-3-5-7-10/h3-9,11H,1-2H3/t9-,11+/m1/s1. The quantitative estimate of drug-likeness (QED) is 0.661. The summed E-state index contributed by atoms with van der Waals surface area (Å²) in [4.78, 5) is 10.6. The first-order valence-electron chi connectivity index (χ1n) is 4.32. The van der Waals surface area contributed by atoms with Gasteiger partial charge < -0.3 is 9.53 Å². The van der Waals surface area contributed by atoms with Crippen LogP contribution in [0.1, 0.15) is 18.6 Å². The lowest BCUT2D eigenvalue weighted by atomic mass is 9.99. The summed E-state index contributed by atoms with van der Waals surface area (Å²) in [6.07, 6.45) is 0.792. The predicted molar refractivity (Wildman–Crippen MR) is 51.4 cm³/mol. The number of ether oxygens (including phenoxy) is 1. The molecule has 0 aliphatic heterocycles. The molecule has 2 atom stereocenters. The number of methoxy groups -OCH3 is 1. The fraction of sp³-hybridized carbons (Fsp3) is 0.364. The molecule has 1 aromatic carbocycles. The Labute approximate surface area is 78.5 Å². The smallest absolute Gasteiger partial charge is 0.125 e. The summed E-state index contributed by atoms with van der Waals surface area (Å²) >= 11 is 0. The molecule has 0 aromatic heterocycles. The van der Waals surface area contributed by atoms with Crippen molar-refractivity contribution < 1.29 is 9.53 Å². The van der Waals surface area contributed by atoms with Crippen LogP contribution in [0.5, 0.6) is 0 Å². The van der Waals surface area contributed by atoms with Crippen molar-refractivity contribution in [2.45, 2.75) is 13.0 Å². The number of hydrogen-bond donors (Lipinski definition) is 0. The number of carbonyl (C=O) groups excluding carboxylic acids is 1. The predicted octanol–water partition coefficient (Wildman–Crippen LogP) is 2.21. The van der Waals surface area contributed by atoms with Gasteiger partial charge in [0, 0.05) is 13.0 Å². The third-order valence-electron chi connectivity index (χ3n) is 2.07. The molecule has 0 radical (unpaired) electrons. The van der Waals surface area contributed by atoms with Gasteiger partial charge in [0.05, 0.1) is 6.10 Å². The van der Waals surface area contributed by atoms with E-state index in [-0.39, 0.29) is 12.0 Å². The summed E-state index contributed by atoms with van der Waals surface area (Å²) in [6, 6.07) is 9.77. The molecule has 1 aromatic rings. The van der Waals surface area contributed by atoms with Crippen LogP contribution in [0, 0.1) is 5.92 Å². The van der Waals surface area contributed by atoms with Gasteiger partial charge in [-0.05, 0) is 5.56 Å². The highest BCUT2D eigenvalue weighted by molar-refractivity contribution is 5.54. The van der Waals surface area contributed by atoms with Crippen molar-refractivity contribution in [2.75, 3.05) is 7.11 Å². The average molecular weight is 178 g/mol. The van der Waals surface area contributed by atoms with E-state index in [9.17, 15) is 4.79 Å². The molecule has 0 N–H and O–H groups in total. The number of hydrogen-bond acceptors (Lipinski definition) is 2. The normalized spacial score (nSPS) is 14.9. The average Bonchev–Trinajstić information content (AvgIpc) is 2.20. The molecular weight excluding hydrogens is 164 g/mol. The molecular formula is C11H14O2. The molecule has 0 amide bonds. The molecule has 0 aliphatic rings. The molecule has 0 bridgehead atoms. The van der Waals surface area contributed by atoms with E-state index in [0.29, 0.717) is 0 Å². The number of benzene rings is 1. The zero-order valence-electron chi connectivity index (χ0n) is 7.94. The fourth-order valence-electron chi connectivity index (χ4n) is 1.37. The van der Waals surface area contributed by atoms with Gasteiger partial charge in [0.25, 0.3) is 0 Å². The topological polar surface area (TPSA) is 26.3 Å². The van der Waals surface area contributed by atoms with Crippen LogP contribution in [0.3, 0.4) is 0 Å². The van der Waals surface area contributed by atoms with Gasteiger partial charge in [0.1, 0.15) is 6.29 Å². The monoisotopic (exact) mass is 178 g/mol. The summed E-state index contributed by atoms with van der Waals surface area (Å²) in [5.41, 5.74) is 1.05. The van der Waals surface area contributed by atoms with E-state index < -0.39 is 0 Å². The van der Waals surface area contributed by atoms with Crippen LogP contribution in [0.25, 0.3) is 0 Å². The zero-order chi connectivity index (χ0) is 9.68. The van der Waals surface area contributed by atoms with E-state index in [0.717, 1.165) is 11.8 Å². The maximum absolute atomic E-state index is 10.6. The number of aldehydes is 1. The first kappa shape index (κ1) is 9.93. The van der Waals surface area contributed by atoms with Crippen molar-refractivity contribution in [3.8, 4) is 0 Å². The van der Waals surface area contributed by atoms with Gasteiger partial charge in [0.2, 0.25) is 0 Å². The lowest BCUT2D eigenvalue weighted by Crippen LogP contribution is -2.12. The maximum atomic E-state index is 10.6. The van der Waals surface area contributed by atoms with E-state index >= 15 is 0 Å². The first-order valence-corrected chi connectivity index (χ1v) is 4.32. The van der Waals surface area contributed by atoms with Crippen molar-refractivity contribution in [1.82, 2.24) is 0 Å². The lowest BCUT2D eigenvalue weighted by Gasteiger charge is -2.18. The highest BCUT2D eigenvalue weighted by atomic mass is 16.5. The fourth-order valence-corrected chi connectivity index (χ4v) is 1.37. The zero-order valence-corrected chi connectivity index (χ0v) is 7.94. The summed E-state index contributed by atoms with van der Waals surface area (Å²) in [5, 5.41) is 0. The highest BCUT2D eigenvalue weighted by Crippen LogP contribution is 2.23. The minimum atomic E-state index is -0.126. The van der Waals surface area contributed by atoms with E-state index in [1.807, 2.05) is 37.3 Å². The first-order chi connectivity index (χ1) is 6.29. The van der Waals surface area contributed by atoms with Crippen LogP contribution in [0.4, 0.5) is 0 Å². The molecule has 0 fully saturated rings. The van der Waals surface area contributed by atoms with Gasteiger partial charge in [0.15, 0.2) is 0 Å². The van der Waals surface area contributed by atoms with Gasteiger partial charge >= 0.3 is 0 Å². The van der Waals surface area contributed by atoms with Crippen molar-refractivity contribution in [3.05, 3.63) is 35.9 Å². The van der Waals surface area contributed by atoms with E-state index in [1.54, 1.807) is 7.11 Å². The Morgan fingerprint density at radius 1 is 1.31 bits per heavy atom. The summed E-state index contributed by atoms with van der Waals surface area (Å²) in [7, 11) is 1.62. The minimum Gasteiger partial charge on any atom is -0.376 e. The Hall–Kier alpha value is -1.15. The summed E-state index contributed by atoms with van der Waals surface area (Å²) < 4.78 is 5.26. The molecule has 0 aliphatic carbocycles. The Bertz CT molecular complexity index is 256. The molecule has 2 heteroatoms. The van der Waals surface area contributed by atoms with E-state index in [2.05, 4.69) is 0 Å². The molecule has 1 rings (SSSR count). The maximum Gasteiger partial charge on any atom is 0.125 e. The van der Waals surface area contributed by atoms with Gasteiger partial charge in [-0.25, -0.2) is 0 Å². The highest BCUT2D eigenvalue weighted by Gasteiger charge is 2.17. The molecule has 0 spiro atoms. The third-order valence-corrected chi connectivity index (χ3v) is 2.07. The Balaban J connectivity index is 2.84. The van der Waals surface area contributed by atoms with Gasteiger partial charge in [-0.15, -0.1) is 0 Å². The van der Waals surface area contributed by atoms with Crippen LogP contribution >= 0.6 is 0 Å². The van der Waals surface area contributed by atoms with Crippen molar-refractivity contribution in [3.63, 3.8) is 0 Å². The van der Waals surface area contributed by atoms with Gasteiger partial charge in [-0.2, -0.15) is 0 Å². The van der Waals surface area contributed by atoms with Crippen LogP contribution in [-0.2, 0) is 9.53 Å². The number of rotatable bonds is 4. The SMILES string of the molecule is CO[C@H](c1ccccc1)[C@H](C)C=O. The summed E-state index contributed by atoms with van der Waals surface area (Å²) in [5.74, 6) is -0.104. The van der Waals surface area contributed by atoms with Crippen molar-refractivity contribution in [2.24, 2.45) is 5.92 Å². The Kier molecular flexibility index (Phi) is 3.65. The van der Waals surface area contributed by atoms with Gasteiger partial charge in [-0.3, -0.25) is 0 Å². The molecule has 2 nitrogen and oxygen atoms in total. The molecule has 0 saturated heterocycles. The van der Waals surface area contributed by atoms with Crippen LogP contribution in [0.2, 0.25) is 0 Å². The second-order valence-electron chi connectivity index (χ2n) is 3.06. The van der Waals surface area contributed by atoms with Crippen molar-refractivity contribution >= 4 is 6.29 Å². The van der Waals surface area contributed by atoms with Gasteiger partial charge in [-0.1, -0.05) is 37.3 Å². The Morgan fingerprint density at radius 3 is 2.38 bits per heavy atom. The van der Waals surface area contributed by atoms with Crippen LogP contribution < -0.4 is 0 Å². The molecule has 0 unspecified atom stereocenters. The third kappa shape index (κ3) is 2.39. The van der Waals surface area contributed by atoms with Crippen LogP contribution in [-0.4, -0.2) is 13.4 Å². The molecule has 70 valence electrons. The van der Waals surface area contributed by atoms with Crippen molar-refractivity contribution in [1.29, 1.82) is 0 Å². The Morgan fingerprint density at radius 2 is 1.92 bits per heavy atom. The largest absolute Gasteiger partial charge is 0.376 e. The summed E-state index contributed by atoms with van der Waals surface area (Å²) in [6.45, 7) is 1.86. The molecule has 0 heterocycles. The van der Waals surface area contributed by atoms with E-state index in [4.69, 9.17) is 4.74 Å². The second-order valence-corrected chi connectivity index (χ2v) is 3.06. The number of carbonyl (C=O) groups is 1. The second kappa shape index (κ2) is 4.77. The lowest BCUT2D eigenvalue weighted by molar-refractivity contribution is -0.114. The van der Waals surface area contributed by atoms with Crippen LogP contribution in [0.15, 0.2) is 30.3 Å². The molecule has 13 heavy (non-hydrogen) atoms. The molecule has 0 saturated carbocycles.